The lowest BCUT2D eigenvalue weighted by Gasteiger charge is -2.10. The summed E-state index contributed by atoms with van der Waals surface area (Å²) in [6, 6.07) is 6.30. The zero-order chi connectivity index (χ0) is 9.10. The van der Waals surface area contributed by atoms with Gasteiger partial charge in [0.1, 0.15) is 7.28 Å². The number of nitrogens with one attached hydrogen (secondary N) is 1. The lowest BCUT2D eigenvalue weighted by molar-refractivity contribution is 0.135. The van der Waals surface area contributed by atoms with Crippen LogP contribution in [0.4, 0.5) is 5.69 Å². The minimum Gasteiger partial charge on any atom is -0.382 e. The van der Waals surface area contributed by atoms with Gasteiger partial charge in [0.05, 0.1) is 13.2 Å². The maximum absolute atomic E-state index is 5.48. The van der Waals surface area contributed by atoms with Crippen LogP contribution in [0.2, 0.25) is 6.82 Å². The lowest BCUT2D eigenvalue weighted by atomic mass is 9.70. The summed E-state index contributed by atoms with van der Waals surface area (Å²) in [6.45, 7) is 4.47. The van der Waals surface area contributed by atoms with Crippen molar-refractivity contribution in [1.82, 2.24) is 0 Å². The minimum absolute atomic E-state index is 0.725. The van der Waals surface area contributed by atoms with Gasteiger partial charge >= 0.3 is 0 Å². The van der Waals surface area contributed by atoms with Gasteiger partial charge in [-0.15, -0.1) is 0 Å². The Labute approximate surface area is 79.5 Å². The highest BCUT2D eigenvalue weighted by atomic mass is 16.5. The summed E-state index contributed by atoms with van der Waals surface area (Å²) in [6.07, 6.45) is 0. The van der Waals surface area contributed by atoms with E-state index in [-0.39, 0.29) is 0 Å². The molecular formula is C10H13BNO. The Morgan fingerprint density at radius 3 is 3.23 bits per heavy atom. The second-order valence-corrected chi connectivity index (χ2v) is 3.14. The van der Waals surface area contributed by atoms with Crippen LogP contribution in [0.3, 0.4) is 0 Å². The number of hydrogen-bond acceptors (Lipinski definition) is 2. The maximum atomic E-state index is 5.48. The Kier molecular flexibility index (Phi) is 2.55. The molecule has 0 bridgehead atoms. The number of anilines is 1. The molecule has 0 saturated heterocycles. The first-order valence-electron chi connectivity index (χ1n) is 4.64. The largest absolute Gasteiger partial charge is 0.382 e. The normalized spacial score (nSPS) is 15.5. The molecule has 0 spiro atoms. The molecule has 0 fully saturated rings. The molecule has 1 aliphatic heterocycles. The fourth-order valence-electron chi connectivity index (χ4n) is 1.63. The highest BCUT2D eigenvalue weighted by Gasteiger charge is 2.09. The van der Waals surface area contributed by atoms with Gasteiger partial charge in [-0.2, -0.15) is 0 Å². The molecule has 0 aromatic heterocycles. The molecule has 13 heavy (non-hydrogen) atoms. The number of benzene rings is 1. The topological polar surface area (TPSA) is 21.3 Å². The van der Waals surface area contributed by atoms with E-state index in [4.69, 9.17) is 4.74 Å². The van der Waals surface area contributed by atoms with Crippen molar-refractivity contribution in [2.75, 3.05) is 18.5 Å². The van der Waals surface area contributed by atoms with E-state index in [1.54, 1.807) is 0 Å². The fraction of sp³-hybridized carbons (Fsp3) is 0.400. The number of hydrogen-bond donors (Lipinski definition) is 1. The van der Waals surface area contributed by atoms with Crippen LogP contribution in [0.25, 0.3) is 0 Å². The zero-order valence-electron chi connectivity index (χ0n) is 7.84. The van der Waals surface area contributed by atoms with Crippen LogP contribution in [0.15, 0.2) is 18.2 Å². The molecule has 0 atom stereocenters. The quantitative estimate of drug-likeness (QED) is 0.641. The van der Waals surface area contributed by atoms with E-state index in [1.165, 1.54) is 16.7 Å². The molecule has 0 aliphatic carbocycles. The van der Waals surface area contributed by atoms with Crippen molar-refractivity contribution >= 4 is 18.4 Å². The average molecular weight is 174 g/mol. The first-order valence-corrected chi connectivity index (χ1v) is 4.64. The lowest BCUT2D eigenvalue weighted by Crippen LogP contribution is -2.17. The molecule has 1 aromatic rings. The summed E-state index contributed by atoms with van der Waals surface area (Å²) in [7, 11) is 2.12. The van der Waals surface area contributed by atoms with Crippen LogP contribution in [0.5, 0.6) is 0 Å². The average Bonchev–Trinajstić information content (AvgIpc) is 2.41. The van der Waals surface area contributed by atoms with E-state index in [0.29, 0.717) is 0 Å². The van der Waals surface area contributed by atoms with Crippen LogP contribution in [0, 0.1) is 0 Å². The van der Waals surface area contributed by atoms with Gasteiger partial charge in [0.25, 0.3) is 0 Å². The van der Waals surface area contributed by atoms with Crippen LogP contribution in [-0.4, -0.2) is 20.4 Å². The van der Waals surface area contributed by atoms with E-state index in [2.05, 4.69) is 37.6 Å². The van der Waals surface area contributed by atoms with Gasteiger partial charge in [-0.1, -0.05) is 24.4 Å². The number of ether oxygens (including phenoxy) is 1. The monoisotopic (exact) mass is 174 g/mol. The molecule has 2 nitrogen and oxygen atoms in total. The van der Waals surface area contributed by atoms with Crippen LogP contribution in [0.1, 0.15) is 5.56 Å². The zero-order valence-corrected chi connectivity index (χ0v) is 7.84. The Balaban J connectivity index is 2.40. The summed E-state index contributed by atoms with van der Waals surface area (Å²) in [5.74, 6) is 0. The molecule has 2 rings (SSSR count). The van der Waals surface area contributed by atoms with Crippen molar-refractivity contribution in [2.45, 2.75) is 13.4 Å². The molecular weight excluding hydrogens is 161 g/mol. The molecule has 67 valence electrons. The van der Waals surface area contributed by atoms with E-state index >= 15 is 0 Å². The van der Waals surface area contributed by atoms with E-state index in [1.807, 2.05) is 0 Å². The van der Waals surface area contributed by atoms with Crippen molar-refractivity contribution in [1.29, 1.82) is 0 Å². The smallest absolute Gasteiger partial charge is 0.148 e. The third-order valence-corrected chi connectivity index (χ3v) is 2.33. The first kappa shape index (κ1) is 8.63. The summed E-state index contributed by atoms with van der Waals surface area (Å²) in [4.78, 5) is 0. The fourth-order valence-corrected chi connectivity index (χ4v) is 1.63. The van der Waals surface area contributed by atoms with Gasteiger partial charge in [0.15, 0.2) is 0 Å². The van der Waals surface area contributed by atoms with Gasteiger partial charge in [0.2, 0.25) is 0 Å². The van der Waals surface area contributed by atoms with Crippen molar-refractivity contribution in [3.8, 4) is 0 Å². The van der Waals surface area contributed by atoms with Crippen LogP contribution < -0.4 is 10.8 Å². The van der Waals surface area contributed by atoms with Crippen molar-refractivity contribution in [3.63, 3.8) is 0 Å². The van der Waals surface area contributed by atoms with Crippen molar-refractivity contribution in [3.05, 3.63) is 23.8 Å². The van der Waals surface area contributed by atoms with E-state index in [9.17, 15) is 0 Å². The molecule has 3 heteroatoms. The molecule has 1 heterocycles. The molecule has 1 aromatic carbocycles. The summed E-state index contributed by atoms with van der Waals surface area (Å²) < 4.78 is 5.48. The second-order valence-electron chi connectivity index (χ2n) is 3.14. The minimum atomic E-state index is 0.725. The standard InChI is InChI=1S/C10H13BNO/c1-11-9-3-2-4-10-8(9)7-13-6-5-12-10/h2-4,12H,5-7H2,1H3. The summed E-state index contributed by atoms with van der Waals surface area (Å²) in [5.41, 5.74) is 3.77. The Hall–Kier alpha value is -0.955. The van der Waals surface area contributed by atoms with E-state index in [0.717, 1.165) is 19.8 Å². The van der Waals surface area contributed by atoms with Crippen molar-refractivity contribution in [2.24, 2.45) is 0 Å². The SMILES string of the molecule is C[B]c1cccc2c1COCCN2. The Morgan fingerprint density at radius 1 is 1.46 bits per heavy atom. The molecule has 1 radical (unpaired) electrons. The molecule has 1 aliphatic rings. The highest BCUT2D eigenvalue weighted by molar-refractivity contribution is 6.52. The summed E-state index contributed by atoms with van der Waals surface area (Å²) >= 11 is 0. The Morgan fingerprint density at radius 2 is 2.38 bits per heavy atom. The van der Waals surface area contributed by atoms with Crippen molar-refractivity contribution < 1.29 is 4.74 Å². The van der Waals surface area contributed by atoms with E-state index < -0.39 is 0 Å². The van der Waals surface area contributed by atoms with Gasteiger partial charge in [-0.3, -0.25) is 0 Å². The van der Waals surface area contributed by atoms with Gasteiger partial charge < -0.3 is 10.1 Å². The second kappa shape index (κ2) is 3.84. The predicted molar refractivity (Wildman–Crippen MR) is 55.8 cm³/mol. The van der Waals surface area contributed by atoms with Crippen LogP contribution >= 0.6 is 0 Å². The van der Waals surface area contributed by atoms with Gasteiger partial charge in [-0.05, 0) is 11.6 Å². The van der Waals surface area contributed by atoms with Gasteiger partial charge in [0, 0.05) is 12.2 Å². The number of fused-ring (bicyclic) bond motifs is 1. The Bertz CT molecular complexity index is 301. The van der Waals surface area contributed by atoms with Gasteiger partial charge in [-0.25, -0.2) is 0 Å². The third kappa shape index (κ3) is 1.70. The first-order chi connectivity index (χ1) is 6.42. The number of rotatable bonds is 1. The maximum Gasteiger partial charge on any atom is 0.148 e. The molecule has 0 unspecified atom stereocenters. The molecule has 0 amide bonds. The van der Waals surface area contributed by atoms with Crippen LogP contribution in [-0.2, 0) is 11.3 Å². The molecule has 0 saturated carbocycles. The highest BCUT2D eigenvalue weighted by Crippen LogP contribution is 2.16. The predicted octanol–water partition coefficient (Wildman–Crippen LogP) is 1.01. The molecule has 1 N–H and O–H groups in total. The summed E-state index contributed by atoms with van der Waals surface area (Å²) in [5, 5.41) is 3.35. The third-order valence-electron chi connectivity index (χ3n) is 2.33.